The molecule has 0 unspecified atom stereocenters. The number of hydrogen-bond donors (Lipinski definition) is 2. The summed E-state index contributed by atoms with van der Waals surface area (Å²) in [4.78, 5) is 20.5. The number of amides is 1. The van der Waals surface area contributed by atoms with Gasteiger partial charge in [-0.05, 0) is 25.1 Å². The van der Waals surface area contributed by atoms with Crippen LogP contribution in [0.5, 0.6) is 0 Å². The van der Waals surface area contributed by atoms with Gasteiger partial charge in [-0.3, -0.25) is 4.79 Å². The van der Waals surface area contributed by atoms with Crippen LogP contribution in [0.4, 0.5) is 17.5 Å². The van der Waals surface area contributed by atoms with Crippen molar-refractivity contribution in [3.8, 4) is 0 Å². The van der Waals surface area contributed by atoms with E-state index in [2.05, 4.69) is 25.8 Å². The number of carbonyl (C=O) groups excluding carboxylic acids is 1. The molecule has 0 atom stereocenters. The van der Waals surface area contributed by atoms with Gasteiger partial charge in [-0.15, -0.1) is 0 Å². The molecule has 0 aliphatic rings. The lowest BCUT2D eigenvalue weighted by molar-refractivity contribution is 0.102. The molecule has 9 heteroatoms. The Morgan fingerprint density at radius 3 is 2.83 bits per heavy atom. The van der Waals surface area contributed by atoms with Crippen LogP contribution >= 0.6 is 23.2 Å². The van der Waals surface area contributed by atoms with Gasteiger partial charge in [-0.25, -0.2) is 9.97 Å². The van der Waals surface area contributed by atoms with Gasteiger partial charge in [0.2, 0.25) is 5.95 Å². The van der Waals surface area contributed by atoms with Crippen LogP contribution in [0.1, 0.15) is 16.2 Å². The van der Waals surface area contributed by atoms with E-state index in [9.17, 15) is 4.79 Å². The number of halogens is 2. The van der Waals surface area contributed by atoms with Crippen molar-refractivity contribution in [3.05, 3.63) is 58.0 Å². The Morgan fingerprint density at radius 1 is 1.25 bits per heavy atom. The van der Waals surface area contributed by atoms with Gasteiger partial charge in [-0.2, -0.15) is 0 Å². The van der Waals surface area contributed by atoms with Crippen molar-refractivity contribution in [1.82, 2.24) is 15.1 Å². The molecule has 0 radical (unpaired) electrons. The first-order chi connectivity index (χ1) is 11.5. The van der Waals surface area contributed by atoms with Crippen LogP contribution in [0, 0.1) is 6.92 Å². The molecule has 2 N–H and O–H groups in total. The Morgan fingerprint density at radius 2 is 2.08 bits per heavy atom. The van der Waals surface area contributed by atoms with E-state index < -0.39 is 5.91 Å². The summed E-state index contributed by atoms with van der Waals surface area (Å²) in [6.45, 7) is 1.76. The zero-order valence-corrected chi connectivity index (χ0v) is 13.9. The van der Waals surface area contributed by atoms with Crippen molar-refractivity contribution < 1.29 is 9.32 Å². The molecular formula is C15H11Cl2N5O2. The third-order valence-corrected chi connectivity index (χ3v) is 3.77. The fraction of sp³-hybridized carbons (Fsp3) is 0.0667. The highest BCUT2D eigenvalue weighted by molar-refractivity contribution is 6.44. The second-order valence-electron chi connectivity index (χ2n) is 4.77. The Hall–Kier alpha value is -2.64. The van der Waals surface area contributed by atoms with Crippen molar-refractivity contribution in [2.24, 2.45) is 0 Å². The van der Waals surface area contributed by atoms with E-state index >= 15 is 0 Å². The normalized spacial score (nSPS) is 10.5. The largest absolute Gasteiger partial charge is 0.360 e. The van der Waals surface area contributed by atoms with Crippen molar-refractivity contribution >= 4 is 46.6 Å². The summed E-state index contributed by atoms with van der Waals surface area (Å²) in [5.74, 6) is 0.860. The Kier molecular flexibility index (Phi) is 4.64. The number of nitrogens with one attached hydrogen (secondary N) is 2. The van der Waals surface area contributed by atoms with Gasteiger partial charge < -0.3 is 15.2 Å². The van der Waals surface area contributed by atoms with Crippen LogP contribution in [0.15, 0.2) is 41.1 Å². The van der Waals surface area contributed by atoms with Gasteiger partial charge in [0.15, 0.2) is 5.82 Å². The molecule has 0 fully saturated rings. The lowest BCUT2D eigenvalue weighted by atomic mass is 10.3. The van der Waals surface area contributed by atoms with E-state index in [-0.39, 0.29) is 16.7 Å². The topological polar surface area (TPSA) is 92.9 Å². The Balaban J connectivity index is 1.78. The average molecular weight is 364 g/mol. The first-order valence-electron chi connectivity index (χ1n) is 6.81. The molecular weight excluding hydrogens is 353 g/mol. The van der Waals surface area contributed by atoms with Gasteiger partial charge in [0, 0.05) is 12.3 Å². The maximum atomic E-state index is 12.3. The first kappa shape index (κ1) is 16.2. The van der Waals surface area contributed by atoms with Crippen LogP contribution in [0.2, 0.25) is 10.0 Å². The monoisotopic (exact) mass is 363 g/mol. The van der Waals surface area contributed by atoms with Crippen molar-refractivity contribution in [3.63, 3.8) is 0 Å². The number of rotatable bonds is 4. The van der Waals surface area contributed by atoms with Crippen molar-refractivity contribution in [2.75, 3.05) is 10.6 Å². The lowest BCUT2D eigenvalue weighted by Gasteiger charge is -2.08. The SMILES string of the molecule is Cc1cc(Nc2nccc(C(=O)Nc3cccc(Cl)c3Cl)n2)no1. The van der Waals surface area contributed by atoms with E-state index in [1.165, 1.54) is 12.3 Å². The van der Waals surface area contributed by atoms with Gasteiger partial charge in [-0.1, -0.05) is 34.4 Å². The zero-order valence-electron chi connectivity index (χ0n) is 12.4. The molecule has 0 spiro atoms. The molecule has 2 aromatic heterocycles. The number of anilines is 3. The molecule has 0 saturated carbocycles. The number of benzene rings is 1. The Labute approximate surface area is 147 Å². The molecule has 7 nitrogen and oxygen atoms in total. The summed E-state index contributed by atoms with van der Waals surface area (Å²) in [5, 5.41) is 9.89. The minimum absolute atomic E-state index is 0.156. The number of nitrogens with zero attached hydrogens (tertiary/aromatic N) is 3. The number of aryl methyl sites for hydroxylation is 1. The van der Waals surface area contributed by atoms with Gasteiger partial charge >= 0.3 is 0 Å². The molecule has 0 aliphatic carbocycles. The third-order valence-electron chi connectivity index (χ3n) is 2.96. The number of aromatic nitrogens is 3. The van der Waals surface area contributed by atoms with Crippen LogP contribution in [0.3, 0.4) is 0 Å². The summed E-state index contributed by atoms with van der Waals surface area (Å²) >= 11 is 12.0. The van der Waals surface area contributed by atoms with Crippen LogP contribution < -0.4 is 10.6 Å². The van der Waals surface area contributed by atoms with Crippen LogP contribution in [0.25, 0.3) is 0 Å². The maximum Gasteiger partial charge on any atom is 0.274 e. The molecule has 2 heterocycles. The molecule has 24 heavy (non-hydrogen) atoms. The number of hydrogen-bond acceptors (Lipinski definition) is 6. The fourth-order valence-corrected chi connectivity index (χ4v) is 2.22. The van der Waals surface area contributed by atoms with Gasteiger partial charge in [0.1, 0.15) is 11.5 Å². The molecule has 122 valence electrons. The van der Waals surface area contributed by atoms with E-state index in [1.807, 2.05) is 0 Å². The van der Waals surface area contributed by atoms with Crippen LogP contribution in [-0.4, -0.2) is 21.0 Å². The molecule has 3 rings (SSSR count). The van der Waals surface area contributed by atoms with Crippen LogP contribution in [-0.2, 0) is 0 Å². The average Bonchev–Trinajstić information content (AvgIpc) is 2.97. The first-order valence-corrected chi connectivity index (χ1v) is 7.57. The number of carbonyl (C=O) groups is 1. The maximum absolute atomic E-state index is 12.3. The summed E-state index contributed by atoms with van der Waals surface area (Å²) in [6, 6.07) is 8.12. The predicted molar refractivity (Wildman–Crippen MR) is 91.0 cm³/mol. The summed E-state index contributed by atoms with van der Waals surface area (Å²) in [7, 11) is 0. The summed E-state index contributed by atoms with van der Waals surface area (Å²) in [5.41, 5.74) is 0.554. The third kappa shape index (κ3) is 3.64. The highest BCUT2D eigenvalue weighted by atomic mass is 35.5. The fourth-order valence-electron chi connectivity index (χ4n) is 1.87. The lowest BCUT2D eigenvalue weighted by Crippen LogP contribution is -2.15. The minimum atomic E-state index is -0.444. The zero-order chi connectivity index (χ0) is 17.1. The molecule has 0 aliphatic heterocycles. The minimum Gasteiger partial charge on any atom is -0.360 e. The quantitative estimate of drug-likeness (QED) is 0.725. The highest BCUT2D eigenvalue weighted by Crippen LogP contribution is 2.29. The molecule has 3 aromatic rings. The van der Waals surface area contributed by atoms with Gasteiger partial charge in [0.25, 0.3) is 5.91 Å². The standard InChI is InChI=1S/C15H11Cl2N5O2/c1-8-7-12(22-24-8)21-15-18-6-5-11(20-15)14(23)19-10-4-2-3-9(16)13(10)17/h2-7H,1H3,(H,19,23)(H,18,20,21,22). The van der Waals surface area contributed by atoms with E-state index in [1.54, 1.807) is 31.2 Å². The smallest absolute Gasteiger partial charge is 0.274 e. The second-order valence-corrected chi connectivity index (χ2v) is 5.55. The molecule has 1 aromatic carbocycles. The van der Waals surface area contributed by atoms with Crippen molar-refractivity contribution in [1.29, 1.82) is 0 Å². The predicted octanol–water partition coefficient (Wildman–Crippen LogP) is 4.08. The van der Waals surface area contributed by atoms with E-state index in [0.717, 1.165) is 0 Å². The van der Waals surface area contributed by atoms with Gasteiger partial charge in [0.05, 0.1) is 15.7 Å². The molecule has 0 bridgehead atoms. The molecule has 1 amide bonds. The second kappa shape index (κ2) is 6.86. The summed E-state index contributed by atoms with van der Waals surface area (Å²) < 4.78 is 4.94. The Bertz CT molecular complexity index is 897. The highest BCUT2D eigenvalue weighted by Gasteiger charge is 2.13. The van der Waals surface area contributed by atoms with E-state index in [4.69, 9.17) is 27.7 Å². The molecule has 0 saturated heterocycles. The van der Waals surface area contributed by atoms with E-state index in [0.29, 0.717) is 22.3 Å². The summed E-state index contributed by atoms with van der Waals surface area (Å²) in [6.07, 6.45) is 1.46. The van der Waals surface area contributed by atoms with Crippen molar-refractivity contribution in [2.45, 2.75) is 6.92 Å².